The number of phenols is 4. The molecule has 10 N–H and O–H groups in total. The van der Waals surface area contributed by atoms with E-state index in [2.05, 4.69) is 0 Å². The highest BCUT2D eigenvalue weighted by Gasteiger charge is 2.50. The lowest BCUT2D eigenvalue weighted by atomic mass is 9.98. The third kappa shape index (κ3) is 7.22. The first-order valence-electron chi connectivity index (χ1n) is 13.5. The third-order valence-electron chi connectivity index (χ3n) is 7.37. The maximum absolute atomic E-state index is 12.6. The van der Waals surface area contributed by atoms with Crippen molar-refractivity contribution in [3.63, 3.8) is 0 Å². The van der Waals surface area contributed by atoms with Gasteiger partial charge in [-0.05, 0) is 37.1 Å². The van der Waals surface area contributed by atoms with E-state index < -0.39 is 98.1 Å². The summed E-state index contributed by atoms with van der Waals surface area (Å²) in [5.41, 5.74) is -0.252. The van der Waals surface area contributed by atoms with Crippen molar-refractivity contribution in [1.29, 1.82) is 0 Å². The summed E-state index contributed by atoms with van der Waals surface area (Å²) in [7, 11) is 0. The second kappa shape index (κ2) is 13.7. The third-order valence-corrected chi connectivity index (χ3v) is 7.37. The predicted molar refractivity (Wildman–Crippen MR) is 144 cm³/mol. The molecule has 0 radical (unpaired) electrons. The van der Waals surface area contributed by atoms with E-state index in [1.165, 1.54) is 26.0 Å². The Balaban J connectivity index is 1.42. The molecule has 2 saturated heterocycles. The number of aromatic hydroxyl groups is 4. The zero-order valence-corrected chi connectivity index (χ0v) is 23.8. The Morgan fingerprint density at radius 3 is 1.29 bits per heavy atom. The fourth-order valence-corrected chi connectivity index (χ4v) is 4.96. The van der Waals surface area contributed by atoms with Crippen LogP contribution in [0.15, 0.2) is 24.3 Å². The van der Waals surface area contributed by atoms with Gasteiger partial charge >= 0.3 is 11.9 Å². The van der Waals surface area contributed by atoms with Gasteiger partial charge in [0, 0.05) is 12.1 Å². The van der Waals surface area contributed by atoms with Crippen molar-refractivity contribution in [1.82, 2.24) is 0 Å². The number of aliphatic hydroxyl groups is 6. The van der Waals surface area contributed by atoms with Crippen molar-refractivity contribution in [2.45, 2.75) is 75.3 Å². The molecular weight excluding hydrogens is 608 g/mol. The molecular formula is C28H34O17. The Morgan fingerprint density at radius 1 is 0.600 bits per heavy atom. The van der Waals surface area contributed by atoms with E-state index in [-0.39, 0.29) is 33.8 Å². The van der Waals surface area contributed by atoms with Gasteiger partial charge in [0.25, 0.3) is 0 Å². The minimum absolute atomic E-state index is 0.165. The van der Waals surface area contributed by atoms with Gasteiger partial charge in [0.05, 0.1) is 0 Å². The van der Waals surface area contributed by atoms with Crippen molar-refractivity contribution in [3.8, 4) is 23.0 Å². The molecule has 0 saturated carbocycles. The summed E-state index contributed by atoms with van der Waals surface area (Å²) in [6.45, 7) is 1.36. The molecule has 4 rings (SSSR count). The number of aliphatic hydroxyl groups excluding tert-OH is 6. The number of carbonyl (C=O) groups excluding carboxylic acids is 2. The lowest BCUT2D eigenvalue weighted by Crippen LogP contribution is -2.64. The molecule has 17 nitrogen and oxygen atoms in total. The Morgan fingerprint density at radius 2 is 0.956 bits per heavy atom. The molecule has 2 heterocycles. The average molecular weight is 643 g/mol. The van der Waals surface area contributed by atoms with E-state index in [0.717, 1.165) is 12.1 Å². The SMILES string of the molecule is Cc1cc(O)cc(O)c1C(=O)OCC1OC(OC2OC(COC(=O)c3c(C)cc(O)cc3O)C(O)C(O)C2O)C(O)C(O)C1O. The topological polar surface area (TPSA) is 283 Å². The molecule has 17 heteroatoms. The maximum atomic E-state index is 12.6. The quantitative estimate of drug-likeness (QED) is 0.136. The van der Waals surface area contributed by atoms with Crippen LogP contribution in [0, 0.1) is 13.8 Å². The van der Waals surface area contributed by atoms with Crippen molar-refractivity contribution in [2.75, 3.05) is 13.2 Å². The molecule has 10 unspecified atom stereocenters. The molecule has 0 bridgehead atoms. The fraction of sp³-hybridized carbons (Fsp3) is 0.500. The van der Waals surface area contributed by atoms with E-state index in [1.54, 1.807) is 0 Å². The van der Waals surface area contributed by atoms with Crippen LogP contribution in [0.3, 0.4) is 0 Å². The molecule has 2 aliphatic rings. The van der Waals surface area contributed by atoms with Gasteiger partial charge < -0.3 is 74.7 Å². The number of benzene rings is 2. The van der Waals surface area contributed by atoms with Crippen LogP contribution in [0.4, 0.5) is 0 Å². The molecule has 0 aliphatic carbocycles. The monoisotopic (exact) mass is 642 g/mol. The summed E-state index contributed by atoms with van der Waals surface area (Å²) in [5.74, 6) is -3.92. The Bertz CT molecular complexity index is 1250. The summed E-state index contributed by atoms with van der Waals surface area (Å²) < 4.78 is 26.5. The van der Waals surface area contributed by atoms with Gasteiger partial charge in [-0.1, -0.05) is 0 Å². The predicted octanol–water partition coefficient (Wildman–Crippen LogP) is -2.23. The van der Waals surface area contributed by atoms with E-state index in [9.17, 15) is 60.7 Å². The van der Waals surface area contributed by atoms with E-state index in [0.29, 0.717) is 0 Å². The van der Waals surface area contributed by atoms with Crippen LogP contribution >= 0.6 is 0 Å². The molecule has 0 amide bonds. The first-order valence-corrected chi connectivity index (χ1v) is 13.5. The Kier molecular flexibility index (Phi) is 10.4. The highest BCUT2D eigenvalue weighted by molar-refractivity contribution is 5.95. The molecule has 10 atom stereocenters. The minimum Gasteiger partial charge on any atom is -0.508 e. The average Bonchev–Trinajstić information content (AvgIpc) is 2.95. The molecule has 248 valence electrons. The van der Waals surface area contributed by atoms with Crippen molar-refractivity contribution in [2.24, 2.45) is 0 Å². The molecule has 45 heavy (non-hydrogen) atoms. The van der Waals surface area contributed by atoms with Crippen LogP contribution in [0.2, 0.25) is 0 Å². The van der Waals surface area contributed by atoms with E-state index in [4.69, 9.17) is 23.7 Å². The zero-order chi connectivity index (χ0) is 33.3. The van der Waals surface area contributed by atoms with Crippen LogP contribution in [0.5, 0.6) is 23.0 Å². The van der Waals surface area contributed by atoms with Gasteiger partial charge in [-0.2, -0.15) is 0 Å². The minimum atomic E-state index is -1.97. The van der Waals surface area contributed by atoms with Crippen molar-refractivity contribution >= 4 is 11.9 Å². The van der Waals surface area contributed by atoms with Crippen molar-refractivity contribution in [3.05, 3.63) is 46.5 Å². The van der Waals surface area contributed by atoms with Gasteiger partial charge in [0.2, 0.25) is 0 Å². The van der Waals surface area contributed by atoms with Crippen LogP contribution in [0.1, 0.15) is 31.8 Å². The highest BCUT2D eigenvalue weighted by Crippen LogP contribution is 2.31. The van der Waals surface area contributed by atoms with Crippen LogP contribution in [-0.2, 0) is 23.7 Å². The Labute approximate surface area is 254 Å². The second-order valence-corrected chi connectivity index (χ2v) is 10.7. The molecule has 2 fully saturated rings. The summed E-state index contributed by atoms with van der Waals surface area (Å²) in [4.78, 5) is 25.2. The molecule has 2 aromatic carbocycles. The maximum Gasteiger partial charge on any atom is 0.342 e. The van der Waals surface area contributed by atoms with Gasteiger partial charge in [-0.15, -0.1) is 0 Å². The number of hydrogen-bond acceptors (Lipinski definition) is 17. The lowest BCUT2D eigenvalue weighted by Gasteiger charge is -2.44. The van der Waals surface area contributed by atoms with Gasteiger partial charge in [0.1, 0.15) is 96.2 Å². The number of aryl methyl sites for hydroxylation is 2. The van der Waals surface area contributed by atoms with Crippen molar-refractivity contribution < 1.29 is 84.3 Å². The molecule has 0 spiro atoms. The lowest BCUT2D eigenvalue weighted by molar-refractivity contribution is -0.376. The Hall–Kier alpha value is -3.78. The van der Waals surface area contributed by atoms with E-state index in [1.807, 2.05) is 0 Å². The van der Waals surface area contributed by atoms with Crippen LogP contribution in [-0.4, -0.2) is 138 Å². The second-order valence-electron chi connectivity index (χ2n) is 10.7. The van der Waals surface area contributed by atoms with Crippen LogP contribution in [0.25, 0.3) is 0 Å². The zero-order valence-electron chi connectivity index (χ0n) is 23.8. The standard InChI is InChI=1S/C28H34O17/c1-9-3-11(29)5-13(31)17(9)25(39)41-7-15-19(33)21(35)23(37)27(43-15)45-28-24(38)22(36)20(34)16(44-28)8-42-26(40)18-10(2)4-12(30)6-14(18)32/h3-6,15-16,19-24,27-38H,7-8H2,1-2H3. The fourth-order valence-electron chi connectivity index (χ4n) is 4.96. The smallest absolute Gasteiger partial charge is 0.342 e. The van der Waals surface area contributed by atoms with Gasteiger partial charge in [-0.3, -0.25) is 0 Å². The molecule has 0 aromatic heterocycles. The number of carbonyl (C=O) groups is 2. The number of rotatable bonds is 8. The largest absolute Gasteiger partial charge is 0.508 e. The summed E-state index contributed by atoms with van der Waals surface area (Å²) in [5, 5.41) is 102. The number of hydrogen-bond donors (Lipinski definition) is 10. The van der Waals surface area contributed by atoms with Gasteiger partial charge in [0.15, 0.2) is 12.6 Å². The van der Waals surface area contributed by atoms with Crippen LogP contribution < -0.4 is 0 Å². The molecule has 2 aromatic rings. The molecule has 2 aliphatic heterocycles. The highest BCUT2D eigenvalue weighted by atomic mass is 16.8. The number of esters is 2. The summed E-state index contributed by atoms with van der Waals surface area (Å²) in [6.07, 6.45) is -18.3. The van der Waals surface area contributed by atoms with E-state index >= 15 is 0 Å². The summed E-state index contributed by atoms with van der Waals surface area (Å²) >= 11 is 0. The van der Waals surface area contributed by atoms with Gasteiger partial charge in [-0.25, -0.2) is 9.59 Å². The normalized spacial score (nSPS) is 31.7. The number of ether oxygens (including phenoxy) is 5. The number of phenolic OH excluding ortho intramolecular Hbond substituents is 4. The first-order chi connectivity index (χ1) is 21.1. The summed E-state index contributed by atoms with van der Waals surface area (Å²) in [6, 6.07) is 4.21. The first kappa shape index (κ1) is 34.1.